The molecule has 1 atom stereocenters. The van der Waals surface area contributed by atoms with Crippen molar-refractivity contribution in [2.24, 2.45) is 9.98 Å². The van der Waals surface area contributed by atoms with E-state index in [0.717, 1.165) is 18.7 Å². The minimum atomic E-state index is 0.464. The highest BCUT2D eigenvalue weighted by molar-refractivity contribution is 6.29. The van der Waals surface area contributed by atoms with Gasteiger partial charge in [-0.15, -0.1) is 0 Å². The number of rotatable bonds is 0. The van der Waals surface area contributed by atoms with Crippen LogP contribution >= 0.6 is 0 Å². The third-order valence-corrected chi connectivity index (χ3v) is 1.42. The van der Waals surface area contributed by atoms with E-state index in [4.69, 9.17) is 0 Å². The van der Waals surface area contributed by atoms with Crippen molar-refractivity contribution in [2.75, 3.05) is 6.54 Å². The summed E-state index contributed by atoms with van der Waals surface area (Å²) in [6.07, 6.45) is 2.95. The molecule has 0 aromatic carbocycles. The van der Waals surface area contributed by atoms with Gasteiger partial charge in [0.1, 0.15) is 0 Å². The summed E-state index contributed by atoms with van der Waals surface area (Å²) in [7, 11) is 0. The van der Waals surface area contributed by atoms with Crippen LogP contribution in [0.5, 0.6) is 0 Å². The zero-order valence-corrected chi connectivity index (χ0v) is 5.96. The molecule has 0 spiro atoms. The van der Waals surface area contributed by atoms with Crippen molar-refractivity contribution in [3.63, 3.8) is 0 Å². The normalized spacial score (nSPS) is 27.3. The standard InChI is InChI=1S/C7H12N2/c1-6-3-4-8-7(2)5-9-6/h5-6H,3-4H2,1-2H3. The van der Waals surface area contributed by atoms with E-state index in [2.05, 4.69) is 16.9 Å². The van der Waals surface area contributed by atoms with Crippen molar-refractivity contribution in [3.05, 3.63) is 0 Å². The maximum Gasteiger partial charge on any atom is 0.0495 e. The fourth-order valence-electron chi connectivity index (χ4n) is 0.778. The monoisotopic (exact) mass is 124 g/mol. The zero-order chi connectivity index (χ0) is 6.69. The van der Waals surface area contributed by atoms with Crippen LogP contribution in [0.4, 0.5) is 0 Å². The Bertz CT molecular complexity index is 147. The molecule has 1 rings (SSSR count). The molecule has 1 aliphatic rings. The molecule has 0 bridgehead atoms. The molecule has 0 fully saturated rings. The first-order chi connectivity index (χ1) is 4.29. The molecule has 0 aromatic rings. The highest BCUT2D eigenvalue weighted by Gasteiger charge is 1.99. The number of hydrogen-bond donors (Lipinski definition) is 0. The van der Waals surface area contributed by atoms with Gasteiger partial charge in [-0.25, -0.2) is 0 Å². The number of hydrogen-bond acceptors (Lipinski definition) is 2. The van der Waals surface area contributed by atoms with Crippen molar-refractivity contribution in [1.29, 1.82) is 0 Å². The predicted molar refractivity (Wildman–Crippen MR) is 40.5 cm³/mol. The molecule has 1 heterocycles. The van der Waals surface area contributed by atoms with Crippen molar-refractivity contribution < 1.29 is 0 Å². The van der Waals surface area contributed by atoms with E-state index in [1.165, 1.54) is 0 Å². The Morgan fingerprint density at radius 1 is 1.67 bits per heavy atom. The first-order valence-corrected chi connectivity index (χ1v) is 3.33. The molecular formula is C7H12N2. The molecule has 0 saturated carbocycles. The summed E-state index contributed by atoms with van der Waals surface area (Å²) < 4.78 is 0. The molecule has 0 saturated heterocycles. The van der Waals surface area contributed by atoms with Gasteiger partial charge in [-0.2, -0.15) is 0 Å². The Labute approximate surface area is 55.7 Å². The quantitative estimate of drug-likeness (QED) is 0.465. The average molecular weight is 124 g/mol. The molecule has 0 aromatic heterocycles. The molecule has 9 heavy (non-hydrogen) atoms. The van der Waals surface area contributed by atoms with Gasteiger partial charge in [-0.05, 0) is 20.3 Å². The van der Waals surface area contributed by atoms with Gasteiger partial charge >= 0.3 is 0 Å². The van der Waals surface area contributed by atoms with E-state index >= 15 is 0 Å². The Hall–Kier alpha value is -0.660. The minimum absolute atomic E-state index is 0.464. The summed E-state index contributed by atoms with van der Waals surface area (Å²) in [6, 6.07) is 0.464. The molecule has 0 N–H and O–H groups in total. The van der Waals surface area contributed by atoms with E-state index in [1.54, 1.807) is 0 Å². The molecule has 2 heteroatoms. The van der Waals surface area contributed by atoms with Crippen LogP contribution in [0.3, 0.4) is 0 Å². The maximum absolute atomic E-state index is 4.25. The molecular weight excluding hydrogens is 112 g/mol. The molecule has 0 amide bonds. The van der Waals surface area contributed by atoms with Gasteiger partial charge < -0.3 is 0 Å². The van der Waals surface area contributed by atoms with Crippen molar-refractivity contribution in [2.45, 2.75) is 26.3 Å². The second-order valence-electron chi connectivity index (χ2n) is 2.44. The van der Waals surface area contributed by atoms with Crippen LogP contribution in [-0.2, 0) is 0 Å². The highest BCUT2D eigenvalue weighted by atomic mass is 14.8. The molecule has 50 valence electrons. The minimum Gasteiger partial charge on any atom is -0.288 e. The van der Waals surface area contributed by atoms with E-state index in [-0.39, 0.29) is 0 Å². The molecule has 0 radical (unpaired) electrons. The first kappa shape index (κ1) is 6.46. The third-order valence-electron chi connectivity index (χ3n) is 1.42. The summed E-state index contributed by atoms with van der Waals surface area (Å²) in [6.45, 7) is 5.04. The largest absolute Gasteiger partial charge is 0.288 e. The van der Waals surface area contributed by atoms with Crippen molar-refractivity contribution >= 4 is 11.9 Å². The average Bonchev–Trinajstić information content (AvgIpc) is 1.97. The van der Waals surface area contributed by atoms with Crippen LogP contribution in [0, 0.1) is 0 Å². The molecule has 0 aliphatic carbocycles. The Morgan fingerprint density at radius 2 is 2.44 bits per heavy atom. The Morgan fingerprint density at radius 3 is 3.22 bits per heavy atom. The van der Waals surface area contributed by atoms with Crippen molar-refractivity contribution in [1.82, 2.24) is 0 Å². The maximum atomic E-state index is 4.25. The predicted octanol–water partition coefficient (Wildman–Crippen LogP) is 1.31. The van der Waals surface area contributed by atoms with Gasteiger partial charge in [0.25, 0.3) is 0 Å². The summed E-state index contributed by atoms with van der Waals surface area (Å²) in [5, 5.41) is 0. The van der Waals surface area contributed by atoms with E-state index in [1.807, 2.05) is 13.1 Å². The lowest BCUT2D eigenvalue weighted by Gasteiger charge is -1.97. The van der Waals surface area contributed by atoms with Gasteiger partial charge in [0.15, 0.2) is 0 Å². The topological polar surface area (TPSA) is 24.7 Å². The van der Waals surface area contributed by atoms with Crippen LogP contribution in [0.1, 0.15) is 20.3 Å². The van der Waals surface area contributed by atoms with Crippen LogP contribution in [-0.4, -0.2) is 24.5 Å². The number of aliphatic imine (C=N–C) groups is 2. The van der Waals surface area contributed by atoms with Crippen LogP contribution in [0.2, 0.25) is 0 Å². The second kappa shape index (κ2) is 2.76. The van der Waals surface area contributed by atoms with Gasteiger partial charge in [-0.3, -0.25) is 9.98 Å². The van der Waals surface area contributed by atoms with Gasteiger partial charge in [-0.1, -0.05) is 0 Å². The van der Waals surface area contributed by atoms with Crippen LogP contribution in [0.25, 0.3) is 0 Å². The first-order valence-electron chi connectivity index (χ1n) is 3.33. The summed E-state index contributed by atoms with van der Waals surface area (Å²) in [5.74, 6) is 0. The summed E-state index contributed by atoms with van der Waals surface area (Å²) in [4.78, 5) is 8.49. The molecule has 1 aliphatic heterocycles. The molecule has 1 unspecified atom stereocenters. The van der Waals surface area contributed by atoms with Gasteiger partial charge in [0, 0.05) is 24.5 Å². The van der Waals surface area contributed by atoms with E-state index < -0.39 is 0 Å². The Kier molecular flexibility index (Phi) is 1.98. The van der Waals surface area contributed by atoms with Crippen LogP contribution in [0.15, 0.2) is 9.98 Å². The van der Waals surface area contributed by atoms with Crippen LogP contribution < -0.4 is 0 Å². The van der Waals surface area contributed by atoms with Crippen molar-refractivity contribution in [3.8, 4) is 0 Å². The fourth-order valence-corrected chi connectivity index (χ4v) is 0.778. The third kappa shape index (κ3) is 1.96. The summed E-state index contributed by atoms with van der Waals surface area (Å²) in [5.41, 5.74) is 1.05. The lowest BCUT2D eigenvalue weighted by atomic mass is 10.2. The van der Waals surface area contributed by atoms with Gasteiger partial charge in [0.05, 0.1) is 0 Å². The zero-order valence-electron chi connectivity index (χ0n) is 5.96. The van der Waals surface area contributed by atoms with Gasteiger partial charge in [0.2, 0.25) is 0 Å². The smallest absolute Gasteiger partial charge is 0.0495 e. The number of nitrogens with zero attached hydrogens (tertiary/aromatic N) is 2. The fraction of sp³-hybridized carbons (Fsp3) is 0.714. The highest BCUT2D eigenvalue weighted by Crippen LogP contribution is 1.99. The van der Waals surface area contributed by atoms with E-state index in [9.17, 15) is 0 Å². The lowest BCUT2D eigenvalue weighted by molar-refractivity contribution is 0.688. The lowest BCUT2D eigenvalue weighted by Crippen LogP contribution is -1.97. The van der Waals surface area contributed by atoms with E-state index in [0.29, 0.717) is 6.04 Å². The second-order valence-corrected chi connectivity index (χ2v) is 2.44. The molecule has 2 nitrogen and oxygen atoms in total. The Balaban J connectivity index is 2.58. The summed E-state index contributed by atoms with van der Waals surface area (Å²) >= 11 is 0. The SMILES string of the molecule is CC1=NCCC(C)N=C1.